The molecule has 2 aromatic heterocycles. The van der Waals surface area contributed by atoms with Crippen molar-refractivity contribution in [2.45, 2.75) is 6.92 Å². The van der Waals surface area contributed by atoms with E-state index >= 15 is 0 Å². The Kier molecular flexibility index (Phi) is 3.71. The van der Waals surface area contributed by atoms with E-state index in [4.69, 9.17) is 5.73 Å². The lowest BCUT2D eigenvalue weighted by atomic mass is 10.4. The molecule has 0 radical (unpaired) electrons. The number of hydrogen-bond acceptors (Lipinski definition) is 6. The summed E-state index contributed by atoms with van der Waals surface area (Å²) in [5.74, 6) is -1.01. The Bertz CT molecular complexity index is 625. The van der Waals surface area contributed by atoms with Gasteiger partial charge in [-0.05, 0) is 19.1 Å². The second kappa shape index (κ2) is 5.44. The van der Waals surface area contributed by atoms with Gasteiger partial charge in [-0.25, -0.2) is 9.97 Å². The summed E-state index contributed by atoms with van der Waals surface area (Å²) in [7, 11) is 0. The second-order valence-electron chi connectivity index (χ2n) is 3.61. The van der Waals surface area contributed by atoms with Crippen molar-refractivity contribution in [2.24, 2.45) is 0 Å². The summed E-state index contributed by atoms with van der Waals surface area (Å²) in [5.41, 5.74) is 9.98. The SMILES string of the molecule is Cc1ccc(C(=O)NNC(=O)c2nccnc2N)s1. The van der Waals surface area contributed by atoms with Crippen LogP contribution >= 0.6 is 11.3 Å². The second-order valence-corrected chi connectivity index (χ2v) is 4.90. The third-order valence-electron chi connectivity index (χ3n) is 2.20. The fourth-order valence-electron chi connectivity index (χ4n) is 1.31. The van der Waals surface area contributed by atoms with Crippen LogP contribution in [0.2, 0.25) is 0 Å². The van der Waals surface area contributed by atoms with Crippen molar-refractivity contribution in [1.29, 1.82) is 0 Å². The Balaban J connectivity index is 1.98. The van der Waals surface area contributed by atoms with Gasteiger partial charge >= 0.3 is 0 Å². The van der Waals surface area contributed by atoms with E-state index in [1.54, 1.807) is 6.07 Å². The number of hydrazine groups is 1. The van der Waals surface area contributed by atoms with Crippen LogP contribution in [0.25, 0.3) is 0 Å². The number of nitrogen functional groups attached to an aromatic ring is 1. The molecule has 0 unspecified atom stereocenters. The topological polar surface area (TPSA) is 110 Å². The summed E-state index contributed by atoms with van der Waals surface area (Å²) >= 11 is 1.33. The number of hydrogen-bond donors (Lipinski definition) is 3. The van der Waals surface area contributed by atoms with E-state index in [9.17, 15) is 9.59 Å². The van der Waals surface area contributed by atoms with Gasteiger partial charge in [-0.15, -0.1) is 11.3 Å². The molecular formula is C11H11N5O2S. The number of anilines is 1. The number of carbonyl (C=O) groups excluding carboxylic acids is 2. The summed E-state index contributed by atoms with van der Waals surface area (Å²) in [6.45, 7) is 1.89. The van der Waals surface area contributed by atoms with Gasteiger partial charge in [0, 0.05) is 17.3 Å². The highest BCUT2D eigenvalue weighted by Crippen LogP contribution is 2.14. The lowest BCUT2D eigenvalue weighted by molar-refractivity contribution is 0.0846. The van der Waals surface area contributed by atoms with Gasteiger partial charge < -0.3 is 5.73 Å². The molecule has 8 heteroatoms. The zero-order valence-electron chi connectivity index (χ0n) is 10.0. The molecule has 0 atom stereocenters. The third kappa shape index (κ3) is 3.05. The first-order valence-electron chi connectivity index (χ1n) is 5.31. The zero-order valence-corrected chi connectivity index (χ0v) is 10.8. The molecule has 98 valence electrons. The summed E-state index contributed by atoms with van der Waals surface area (Å²) in [4.78, 5) is 32.4. The van der Waals surface area contributed by atoms with Gasteiger partial charge in [0.1, 0.15) is 0 Å². The molecule has 0 spiro atoms. The molecule has 0 aliphatic heterocycles. The summed E-state index contributed by atoms with van der Waals surface area (Å²) in [5, 5.41) is 0. The van der Waals surface area contributed by atoms with Crippen LogP contribution in [-0.2, 0) is 0 Å². The lowest BCUT2D eigenvalue weighted by Gasteiger charge is -2.06. The number of nitrogens with one attached hydrogen (secondary N) is 2. The van der Waals surface area contributed by atoms with Crippen molar-refractivity contribution in [1.82, 2.24) is 20.8 Å². The smallest absolute Gasteiger partial charge is 0.292 e. The normalized spacial score (nSPS) is 9.95. The van der Waals surface area contributed by atoms with Crippen LogP contribution in [0.5, 0.6) is 0 Å². The highest BCUT2D eigenvalue weighted by Gasteiger charge is 2.14. The van der Waals surface area contributed by atoms with Crippen LogP contribution in [-0.4, -0.2) is 21.8 Å². The van der Waals surface area contributed by atoms with E-state index in [0.29, 0.717) is 4.88 Å². The maximum absolute atomic E-state index is 11.7. The quantitative estimate of drug-likeness (QED) is 0.692. The van der Waals surface area contributed by atoms with Crippen LogP contribution < -0.4 is 16.6 Å². The molecule has 2 rings (SSSR count). The number of rotatable bonds is 2. The largest absolute Gasteiger partial charge is 0.382 e. The predicted octanol–water partition coefficient (Wildman–Crippen LogP) is 0.504. The predicted molar refractivity (Wildman–Crippen MR) is 70.4 cm³/mol. The minimum absolute atomic E-state index is 0.00113. The molecule has 0 aliphatic rings. The Labute approximate surface area is 112 Å². The highest BCUT2D eigenvalue weighted by molar-refractivity contribution is 7.13. The molecule has 4 N–H and O–H groups in total. The molecule has 0 aliphatic carbocycles. The average molecular weight is 277 g/mol. The van der Waals surface area contributed by atoms with Crippen LogP contribution in [0.15, 0.2) is 24.5 Å². The van der Waals surface area contributed by atoms with E-state index in [-0.39, 0.29) is 11.5 Å². The standard InChI is InChI=1S/C11H11N5O2S/c1-6-2-3-7(19-6)10(17)15-16-11(18)8-9(12)14-5-4-13-8/h2-5H,1H3,(H2,12,14)(H,15,17)(H,16,18). The maximum atomic E-state index is 11.7. The summed E-state index contributed by atoms with van der Waals surface area (Å²) in [6.07, 6.45) is 2.72. The van der Waals surface area contributed by atoms with Crippen molar-refractivity contribution in [3.8, 4) is 0 Å². The van der Waals surface area contributed by atoms with Gasteiger partial charge in [0.15, 0.2) is 11.5 Å². The number of amides is 2. The Hall–Kier alpha value is -2.48. The van der Waals surface area contributed by atoms with Crippen LogP contribution in [0.4, 0.5) is 5.82 Å². The first kappa shape index (κ1) is 13.0. The minimum Gasteiger partial charge on any atom is -0.382 e. The van der Waals surface area contributed by atoms with E-state index < -0.39 is 11.8 Å². The first-order valence-corrected chi connectivity index (χ1v) is 6.13. The molecule has 2 heterocycles. The van der Waals surface area contributed by atoms with Crippen molar-refractivity contribution in [3.63, 3.8) is 0 Å². The molecule has 2 amide bonds. The molecule has 19 heavy (non-hydrogen) atoms. The number of nitrogens with two attached hydrogens (primary N) is 1. The van der Waals surface area contributed by atoms with Crippen molar-refractivity contribution in [2.75, 3.05) is 5.73 Å². The van der Waals surface area contributed by atoms with Crippen LogP contribution in [0, 0.1) is 6.92 Å². The Morgan fingerprint density at radius 2 is 1.84 bits per heavy atom. The number of aryl methyl sites for hydroxylation is 1. The summed E-state index contributed by atoms with van der Waals surface area (Å²) in [6, 6.07) is 3.50. The van der Waals surface area contributed by atoms with Gasteiger partial charge in [0.05, 0.1) is 4.88 Å². The number of carbonyl (C=O) groups is 2. The zero-order chi connectivity index (χ0) is 13.8. The average Bonchev–Trinajstić information content (AvgIpc) is 2.83. The molecule has 2 aromatic rings. The van der Waals surface area contributed by atoms with Gasteiger partial charge in [-0.2, -0.15) is 0 Å². The van der Waals surface area contributed by atoms with Crippen molar-refractivity contribution in [3.05, 3.63) is 40.0 Å². The third-order valence-corrected chi connectivity index (χ3v) is 3.19. The maximum Gasteiger partial charge on any atom is 0.292 e. The minimum atomic E-state index is -0.618. The van der Waals surface area contributed by atoms with Crippen molar-refractivity contribution >= 4 is 29.0 Å². The molecule has 0 aromatic carbocycles. The monoisotopic (exact) mass is 277 g/mol. The van der Waals surface area contributed by atoms with Gasteiger partial charge in [0.2, 0.25) is 0 Å². The number of nitrogens with zero attached hydrogens (tertiary/aromatic N) is 2. The van der Waals surface area contributed by atoms with Gasteiger partial charge in [-0.1, -0.05) is 0 Å². The van der Waals surface area contributed by atoms with E-state index in [0.717, 1.165) is 4.88 Å². The van der Waals surface area contributed by atoms with E-state index in [1.807, 2.05) is 13.0 Å². The van der Waals surface area contributed by atoms with Crippen molar-refractivity contribution < 1.29 is 9.59 Å². The molecular weight excluding hydrogens is 266 g/mol. The summed E-state index contributed by atoms with van der Waals surface area (Å²) < 4.78 is 0. The fourth-order valence-corrected chi connectivity index (χ4v) is 2.08. The van der Waals surface area contributed by atoms with E-state index in [1.165, 1.54) is 23.7 Å². The molecule has 0 saturated carbocycles. The van der Waals surface area contributed by atoms with E-state index in [2.05, 4.69) is 20.8 Å². The number of aromatic nitrogens is 2. The van der Waals surface area contributed by atoms with Gasteiger partial charge in [0.25, 0.3) is 11.8 Å². The Morgan fingerprint density at radius 1 is 1.16 bits per heavy atom. The first-order chi connectivity index (χ1) is 9.08. The fraction of sp³-hybridized carbons (Fsp3) is 0.0909. The van der Waals surface area contributed by atoms with Crippen LogP contribution in [0.3, 0.4) is 0 Å². The molecule has 0 fully saturated rings. The molecule has 0 saturated heterocycles. The number of thiophene rings is 1. The lowest BCUT2D eigenvalue weighted by Crippen LogP contribution is -2.42. The highest BCUT2D eigenvalue weighted by atomic mass is 32.1. The molecule has 7 nitrogen and oxygen atoms in total. The molecule has 0 bridgehead atoms. The van der Waals surface area contributed by atoms with Gasteiger partial charge in [-0.3, -0.25) is 20.4 Å². The van der Waals surface area contributed by atoms with Crippen LogP contribution in [0.1, 0.15) is 25.0 Å². The Morgan fingerprint density at radius 3 is 2.47 bits per heavy atom.